The molecule has 0 heterocycles. The quantitative estimate of drug-likeness (QED) is 0.383. The first-order chi connectivity index (χ1) is 10.2. The Hall–Kier alpha value is -1.27. The number of rotatable bonds is 8. The Kier molecular flexibility index (Phi) is 6.69. The van der Waals surface area contributed by atoms with Gasteiger partial charge >= 0.3 is 0 Å². The first-order valence-electron chi connectivity index (χ1n) is 7.87. The topological polar surface area (TPSA) is 18.5 Å². The van der Waals surface area contributed by atoms with E-state index >= 15 is 0 Å². The lowest BCUT2D eigenvalue weighted by atomic mass is 10.4. The molecule has 0 saturated carbocycles. The summed E-state index contributed by atoms with van der Waals surface area (Å²) in [6.07, 6.45) is 3.92. The molecule has 22 heavy (non-hydrogen) atoms. The van der Waals surface area contributed by atoms with E-state index in [4.69, 9.17) is 9.16 Å². The van der Waals surface area contributed by atoms with E-state index in [1.54, 1.807) is 6.08 Å². The van der Waals surface area contributed by atoms with Crippen LogP contribution in [0.3, 0.4) is 0 Å². The molecule has 1 aromatic rings. The maximum atomic E-state index is 6.09. The third-order valence-corrected chi connectivity index (χ3v) is 8.87. The standard InChI is InChI=1S/C18H30O2Si2/c1-8-14-19-18(20-21(3,4)5)15-16(2)22(6,7)17-12-10-9-11-13-17/h8-13,15-16H,1,14H2,2-7H3/b18-15+. The summed E-state index contributed by atoms with van der Waals surface area (Å²) in [5, 5.41) is 1.45. The molecular weight excluding hydrogens is 304 g/mol. The molecule has 0 fully saturated rings. The van der Waals surface area contributed by atoms with Gasteiger partial charge in [-0.15, -0.1) is 0 Å². The molecule has 1 rings (SSSR count). The van der Waals surface area contributed by atoms with Gasteiger partial charge in [0.15, 0.2) is 0 Å². The van der Waals surface area contributed by atoms with E-state index in [0.717, 1.165) is 0 Å². The van der Waals surface area contributed by atoms with Crippen molar-refractivity contribution in [2.24, 2.45) is 0 Å². The van der Waals surface area contributed by atoms with Gasteiger partial charge in [0.2, 0.25) is 8.32 Å². The fourth-order valence-corrected chi connectivity index (χ4v) is 4.96. The fraction of sp³-hybridized carbons (Fsp3) is 0.444. The smallest absolute Gasteiger partial charge is 0.261 e. The van der Waals surface area contributed by atoms with E-state index in [9.17, 15) is 0 Å². The zero-order valence-electron chi connectivity index (χ0n) is 14.8. The maximum absolute atomic E-state index is 6.09. The molecule has 0 aromatic heterocycles. The molecule has 0 bridgehead atoms. The molecule has 4 heteroatoms. The Labute approximate surface area is 138 Å². The fourth-order valence-electron chi connectivity index (χ4n) is 2.10. The van der Waals surface area contributed by atoms with Gasteiger partial charge in [-0.05, 0) is 31.3 Å². The Balaban J connectivity index is 2.99. The summed E-state index contributed by atoms with van der Waals surface area (Å²) in [7, 11) is -3.29. The molecule has 0 aliphatic rings. The van der Waals surface area contributed by atoms with Crippen molar-refractivity contribution in [3.63, 3.8) is 0 Å². The van der Waals surface area contributed by atoms with Crippen molar-refractivity contribution >= 4 is 21.6 Å². The Bertz CT molecular complexity index is 502. The van der Waals surface area contributed by atoms with E-state index in [2.05, 4.69) is 82.6 Å². The normalized spacial score (nSPS) is 14.4. The largest absolute Gasteiger partial charge is 0.520 e. The molecule has 122 valence electrons. The van der Waals surface area contributed by atoms with Crippen molar-refractivity contribution < 1.29 is 9.16 Å². The van der Waals surface area contributed by atoms with Crippen molar-refractivity contribution in [2.45, 2.75) is 45.2 Å². The Morgan fingerprint density at radius 2 is 1.73 bits per heavy atom. The predicted octanol–water partition coefficient (Wildman–Crippen LogP) is 4.89. The molecule has 0 spiro atoms. The highest BCUT2D eigenvalue weighted by Crippen LogP contribution is 2.26. The molecule has 1 aromatic carbocycles. The first-order valence-corrected chi connectivity index (χ1v) is 14.4. The summed E-state index contributed by atoms with van der Waals surface area (Å²) in [4.78, 5) is 0. The highest BCUT2D eigenvalue weighted by atomic mass is 28.4. The predicted molar refractivity (Wildman–Crippen MR) is 102 cm³/mol. The zero-order valence-corrected chi connectivity index (χ0v) is 16.8. The molecule has 0 radical (unpaired) electrons. The summed E-state index contributed by atoms with van der Waals surface area (Å²) in [5.41, 5.74) is 0.422. The molecule has 2 nitrogen and oxygen atoms in total. The number of hydrogen-bond acceptors (Lipinski definition) is 2. The maximum Gasteiger partial charge on any atom is 0.261 e. The van der Waals surface area contributed by atoms with E-state index in [-0.39, 0.29) is 0 Å². The molecule has 0 aliphatic carbocycles. The lowest BCUT2D eigenvalue weighted by Gasteiger charge is -2.30. The van der Waals surface area contributed by atoms with Gasteiger partial charge in [0.1, 0.15) is 6.61 Å². The zero-order chi connectivity index (χ0) is 16.8. The van der Waals surface area contributed by atoms with Crippen LogP contribution in [-0.2, 0) is 9.16 Å². The van der Waals surface area contributed by atoms with Crippen molar-refractivity contribution in [3.8, 4) is 0 Å². The average molecular weight is 335 g/mol. The molecule has 1 atom stereocenters. The SMILES string of the molecule is C=CCO/C(=C\C(C)[Si](C)(C)c1ccccc1)O[Si](C)(C)C. The third-order valence-electron chi connectivity index (χ3n) is 3.79. The van der Waals surface area contributed by atoms with Crippen LogP contribution >= 0.6 is 0 Å². The van der Waals surface area contributed by atoms with Gasteiger partial charge in [-0.25, -0.2) is 0 Å². The van der Waals surface area contributed by atoms with Crippen LogP contribution in [0.15, 0.2) is 55.0 Å². The van der Waals surface area contributed by atoms with Gasteiger partial charge in [0.25, 0.3) is 5.95 Å². The summed E-state index contributed by atoms with van der Waals surface area (Å²) in [6, 6.07) is 10.8. The second-order valence-corrected chi connectivity index (χ2v) is 16.5. The van der Waals surface area contributed by atoms with Crippen molar-refractivity contribution in [1.29, 1.82) is 0 Å². The van der Waals surface area contributed by atoms with Gasteiger partial charge in [-0.1, -0.05) is 68.2 Å². The van der Waals surface area contributed by atoms with E-state index < -0.39 is 16.4 Å². The summed E-state index contributed by atoms with van der Waals surface area (Å²) >= 11 is 0. The monoisotopic (exact) mass is 334 g/mol. The summed E-state index contributed by atoms with van der Waals surface area (Å²) < 4.78 is 11.8. The first kappa shape index (κ1) is 18.8. The number of ether oxygens (including phenoxy) is 1. The highest BCUT2D eigenvalue weighted by molar-refractivity contribution is 6.91. The molecule has 0 amide bonds. The van der Waals surface area contributed by atoms with Crippen molar-refractivity contribution in [1.82, 2.24) is 0 Å². The van der Waals surface area contributed by atoms with Crippen LogP contribution in [0.2, 0.25) is 38.3 Å². The summed E-state index contributed by atoms with van der Waals surface area (Å²) in [5.74, 6) is 0.670. The Morgan fingerprint density at radius 3 is 2.23 bits per heavy atom. The average Bonchev–Trinajstić information content (AvgIpc) is 2.44. The number of hydrogen-bond donors (Lipinski definition) is 0. The number of allylic oxidation sites excluding steroid dienone is 1. The van der Waals surface area contributed by atoms with E-state index in [0.29, 0.717) is 18.1 Å². The van der Waals surface area contributed by atoms with E-state index in [1.165, 1.54) is 5.19 Å². The van der Waals surface area contributed by atoms with Crippen LogP contribution < -0.4 is 5.19 Å². The van der Waals surface area contributed by atoms with Crippen LogP contribution in [0.4, 0.5) is 0 Å². The second-order valence-electron chi connectivity index (χ2n) is 7.18. The van der Waals surface area contributed by atoms with Gasteiger partial charge < -0.3 is 9.16 Å². The molecule has 1 unspecified atom stereocenters. The number of benzene rings is 1. The highest BCUT2D eigenvalue weighted by Gasteiger charge is 2.30. The van der Waals surface area contributed by atoms with Crippen molar-refractivity contribution in [2.75, 3.05) is 6.61 Å². The van der Waals surface area contributed by atoms with Gasteiger partial charge in [0.05, 0.1) is 8.07 Å². The second kappa shape index (κ2) is 7.83. The minimum absolute atomic E-state index is 0.422. The van der Waals surface area contributed by atoms with Crippen LogP contribution in [-0.4, -0.2) is 23.0 Å². The van der Waals surface area contributed by atoms with Gasteiger partial charge in [0, 0.05) is 0 Å². The van der Waals surface area contributed by atoms with Gasteiger partial charge in [-0.3, -0.25) is 0 Å². The lowest BCUT2D eigenvalue weighted by Crippen LogP contribution is -2.44. The molecule has 0 aliphatic heterocycles. The van der Waals surface area contributed by atoms with Crippen molar-refractivity contribution in [3.05, 3.63) is 55.0 Å². The third kappa shape index (κ3) is 5.85. The van der Waals surface area contributed by atoms with Crippen LogP contribution in [0.5, 0.6) is 0 Å². The van der Waals surface area contributed by atoms with Crippen LogP contribution in [0.25, 0.3) is 0 Å². The Morgan fingerprint density at radius 1 is 1.14 bits per heavy atom. The molecule has 0 saturated heterocycles. The molecular formula is C18H30O2Si2. The summed E-state index contributed by atoms with van der Waals surface area (Å²) in [6.45, 7) is 17.8. The minimum atomic E-state index is -1.69. The molecule has 0 N–H and O–H groups in total. The van der Waals surface area contributed by atoms with Crippen LogP contribution in [0.1, 0.15) is 6.92 Å². The van der Waals surface area contributed by atoms with Gasteiger partial charge in [-0.2, -0.15) is 0 Å². The van der Waals surface area contributed by atoms with Crippen LogP contribution in [0, 0.1) is 0 Å². The van der Waals surface area contributed by atoms with E-state index in [1.807, 2.05) is 0 Å². The lowest BCUT2D eigenvalue weighted by molar-refractivity contribution is 0.121. The minimum Gasteiger partial charge on any atom is -0.520 e.